The van der Waals surface area contributed by atoms with E-state index in [1.165, 1.54) is 5.56 Å². The largest absolute Gasteiger partial charge is 0.508 e. The van der Waals surface area contributed by atoms with Gasteiger partial charge in [-0.1, -0.05) is 17.7 Å². The fourth-order valence-corrected chi connectivity index (χ4v) is 2.87. The van der Waals surface area contributed by atoms with Crippen LogP contribution in [0.3, 0.4) is 0 Å². The van der Waals surface area contributed by atoms with Gasteiger partial charge in [-0.3, -0.25) is 0 Å². The number of hydrogen-bond acceptors (Lipinski definition) is 9. The molecule has 3 aromatic rings. The molecule has 0 atom stereocenters. The second kappa shape index (κ2) is 9.19. The molecule has 0 spiro atoms. The Morgan fingerprint density at radius 2 is 1.67 bits per heavy atom. The quantitative estimate of drug-likeness (QED) is 0.424. The van der Waals surface area contributed by atoms with Crippen LogP contribution in [0.15, 0.2) is 53.6 Å². The topological polar surface area (TPSA) is 108 Å². The molecule has 9 nitrogen and oxygen atoms in total. The minimum Gasteiger partial charge on any atom is -0.508 e. The number of aromatic hydroxyl groups is 1. The van der Waals surface area contributed by atoms with Crippen LogP contribution in [0.1, 0.15) is 11.1 Å². The van der Waals surface area contributed by atoms with E-state index >= 15 is 0 Å². The molecular formula is C21H23N7O2. The molecule has 9 heteroatoms. The molecule has 1 aromatic heterocycles. The fourth-order valence-electron chi connectivity index (χ4n) is 2.87. The summed E-state index contributed by atoms with van der Waals surface area (Å²) in [5.74, 6) is 1.53. The van der Waals surface area contributed by atoms with E-state index in [0.29, 0.717) is 44.1 Å². The highest BCUT2D eigenvalue weighted by molar-refractivity contribution is 5.80. The predicted octanol–water partition coefficient (Wildman–Crippen LogP) is 2.91. The maximum Gasteiger partial charge on any atom is 0.250 e. The number of aryl methyl sites for hydroxylation is 1. The average Bonchev–Trinajstić information content (AvgIpc) is 2.77. The number of aromatic nitrogens is 3. The van der Waals surface area contributed by atoms with Crippen molar-refractivity contribution in [1.29, 1.82) is 0 Å². The number of ether oxygens (including phenoxy) is 1. The van der Waals surface area contributed by atoms with E-state index in [1.807, 2.05) is 31.2 Å². The predicted molar refractivity (Wildman–Crippen MR) is 117 cm³/mol. The highest BCUT2D eigenvalue weighted by Gasteiger charge is 2.16. The Labute approximate surface area is 174 Å². The van der Waals surface area contributed by atoms with E-state index in [9.17, 15) is 5.11 Å². The van der Waals surface area contributed by atoms with Crippen LogP contribution in [0, 0.1) is 6.92 Å². The summed E-state index contributed by atoms with van der Waals surface area (Å²) >= 11 is 0. The van der Waals surface area contributed by atoms with Crippen molar-refractivity contribution in [3.05, 3.63) is 59.7 Å². The first-order valence-electron chi connectivity index (χ1n) is 9.66. The summed E-state index contributed by atoms with van der Waals surface area (Å²) in [7, 11) is 0. The van der Waals surface area contributed by atoms with Crippen molar-refractivity contribution in [3.63, 3.8) is 0 Å². The lowest BCUT2D eigenvalue weighted by Crippen LogP contribution is -2.37. The first kappa shape index (κ1) is 19.6. The number of morpholine rings is 1. The van der Waals surface area contributed by atoms with E-state index in [4.69, 9.17) is 4.74 Å². The van der Waals surface area contributed by atoms with Crippen LogP contribution < -0.4 is 15.6 Å². The van der Waals surface area contributed by atoms with E-state index in [0.717, 1.165) is 11.3 Å². The van der Waals surface area contributed by atoms with Crippen molar-refractivity contribution >= 4 is 29.7 Å². The van der Waals surface area contributed by atoms with E-state index in [-0.39, 0.29) is 5.75 Å². The standard InChI is InChI=1S/C21H23N7O2/c1-15-2-6-17(7-3-15)23-19-24-20(26-21(25-19)28-10-12-30-13-11-28)27-22-14-16-4-8-18(29)9-5-16/h2-9,14,29H,10-13H2,1H3,(H2,23,24,25,26,27). The van der Waals surface area contributed by atoms with Crippen LogP contribution in [-0.2, 0) is 4.74 Å². The average molecular weight is 405 g/mol. The molecule has 0 radical (unpaired) electrons. The molecule has 3 N–H and O–H groups in total. The normalized spacial score (nSPS) is 14.1. The summed E-state index contributed by atoms with van der Waals surface area (Å²) in [5, 5.41) is 16.8. The number of hydrazone groups is 1. The molecule has 154 valence electrons. The zero-order valence-electron chi connectivity index (χ0n) is 16.6. The first-order valence-corrected chi connectivity index (χ1v) is 9.66. The number of phenols is 1. The monoisotopic (exact) mass is 405 g/mol. The van der Waals surface area contributed by atoms with Crippen LogP contribution in [0.4, 0.5) is 23.5 Å². The molecule has 2 aromatic carbocycles. The Kier molecular flexibility index (Phi) is 6.00. The Balaban J connectivity index is 1.55. The van der Waals surface area contributed by atoms with Gasteiger partial charge < -0.3 is 20.1 Å². The first-order chi connectivity index (χ1) is 14.7. The Hall–Kier alpha value is -3.72. The molecule has 0 bridgehead atoms. The molecule has 1 fully saturated rings. The molecule has 2 heterocycles. The second-order valence-corrected chi connectivity index (χ2v) is 6.83. The minimum atomic E-state index is 0.208. The van der Waals surface area contributed by atoms with Gasteiger partial charge in [-0.25, -0.2) is 5.43 Å². The van der Waals surface area contributed by atoms with Gasteiger partial charge in [0.2, 0.25) is 17.8 Å². The van der Waals surface area contributed by atoms with Gasteiger partial charge in [0.1, 0.15) is 5.75 Å². The molecule has 0 aliphatic carbocycles. The van der Waals surface area contributed by atoms with Crippen molar-refractivity contribution in [2.24, 2.45) is 5.10 Å². The molecule has 4 rings (SSSR count). The summed E-state index contributed by atoms with van der Waals surface area (Å²) in [4.78, 5) is 15.6. The van der Waals surface area contributed by atoms with Crippen molar-refractivity contribution < 1.29 is 9.84 Å². The summed E-state index contributed by atoms with van der Waals surface area (Å²) < 4.78 is 5.43. The van der Waals surface area contributed by atoms with Gasteiger partial charge >= 0.3 is 0 Å². The van der Waals surface area contributed by atoms with E-state index in [2.05, 4.69) is 35.7 Å². The maximum absolute atomic E-state index is 9.37. The fraction of sp³-hybridized carbons (Fsp3) is 0.238. The zero-order valence-corrected chi connectivity index (χ0v) is 16.6. The van der Waals surface area contributed by atoms with Gasteiger partial charge in [0.25, 0.3) is 0 Å². The summed E-state index contributed by atoms with van der Waals surface area (Å²) in [6.07, 6.45) is 1.63. The van der Waals surface area contributed by atoms with Gasteiger partial charge in [-0.15, -0.1) is 0 Å². The third kappa shape index (κ3) is 5.21. The second-order valence-electron chi connectivity index (χ2n) is 6.83. The van der Waals surface area contributed by atoms with Crippen molar-refractivity contribution in [2.45, 2.75) is 6.92 Å². The zero-order chi connectivity index (χ0) is 20.8. The molecule has 0 amide bonds. The van der Waals surface area contributed by atoms with Crippen LogP contribution in [0.2, 0.25) is 0 Å². The number of hydrogen-bond donors (Lipinski definition) is 3. The number of anilines is 4. The lowest BCUT2D eigenvalue weighted by Gasteiger charge is -2.27. The maximum atomic E-state index is 9.37. The van der Waals surface area contributed by atoms with Gasteiger partial charge in [-0.2, -0.15) is 20.1 Å². The highest BCUT2D eigenvalue weighted by Crippen LogP contribution is 2.19. The summed E-state index contributed by atoms with van der Waals surface area (Å²) in [6.45, 7) is 4.73. The van der Waals surface area contributed by atoms with Crippen LogP contribution in [0.5, 0.6) is 5.75 Å². The molecule has 1 aliphatic heterocycles. The van der Waals surface area contributed by atoms with Crippen LogP contribution in [0.25, 0.3) is 0 Å². The Morgan fingerprint density at radius 1 is 0.967 bits per heavy atom. The number of phenolic OH excluding ortho intramolecular Hbond substituents is 1. The lowest BCUT2D eigenvalue weighted by molar-refractivity contribution is 0.122. The number of nitrogens with zero attached hydrogens (tertiary/aromatic N) is 5. The summed E-state index contributed by atoms with van der Waals surface area (Å²) in [6, 6.07) is 14.7. The molecule has 30 heavy (non-hydrogen) atoms. The summed E-state index contributed by atoms with van der Waals surface area (Å²) in [5.41, 5.74) is 5.77. The van der Waals surface area contributed by atoms with Gasteiger partial charge in [0.15, 0.2) is 0 Å². The molecule has 1 aliphatic rings. The molecule has 0 saturated carbocycles. The van der Waals surface area contributed by atoms with Crippen LogP contribution in [-0.4, -0.2) is 52.6 Å². The van der Waals surface area contributed by atoms with E-state index < -0.39 is 0 Å². The molecular weight excluding hydrogens is 382 g/mol. The molecule has 1 saturated heterocycles. The van der Waals surface area contributed by atoms with Gasteiger partial charge in [-0.05, 0) is 48.9 Å². The number of rotatable bonds is 6. The van der Waals surface area contributed by atoms with Crippen molar-refractivity contribution in [1.82, 2.24) is 15.0 Å². The highest BCUT2D eigenvalue weighted by atomic mass is 16.5. The smallest absolute Gasteiger partial charge is 0.250 e. The third-order valence-corrected chi connectivity index (χ3v) is 4.50. The minimum absolute atomic E-state index is 0.208. The Morgan fingerprint density at radius 3 is 2.40 bits per heavy atom. The molecule has 0 unspecified atom stereocenters. The van der Waals surface area contributed by atoms with Gasteiger partial charge in [0.05, 0.1) is 19.4 Å². The van der Waals surface area contributed by atoms with Gasteiger partial charge in [0, 0.05) is 18.8 Å². The number of benzene rings is 2. The SMILES string of the molecule is Cc1ccc(Nc2nc(NN=Cc3ccc(O)cc3)nc(N3CCOCC3)n2)cc1. The van der Waals surface area contributed by atoms with Crippen molar-refractivity contribution in [3.8, 4) is 5.75 Å². The lowest BCUT2D eigenvalue weighted by atomic mass is 10.2. The number of nitrogens with one attached hydrogen (secondary N) is 2. The van der Waals surface area contributed by atoms with E-state index in [1.54, 1.807) is 30.5 Å². The third-order valence-electron chi connectivity index (χ3n) is 4.50. The van der Waals surface area contributed by atoms with Crippen molar-refractivity contribution in [2.75, 3.05) is 41.9 Å². The van der Waals surface area contributed by atoms with Crippen LogP contribution >= 0.6 is 0 Å². The Bertz CT molecular complexity index is 1000.